The van der Waals surface area contributed by atoms with Crippen LogP contribution >= 0.6 is 34.8 Å². The van der Waals surface area contributed by atoms with Crippen molar-refractivity contribution in [3.05, 3.63) is 32.8 Å². The van der Waals surface area contributed by atoms with Gasteiger partial charge in [-0.1, -0.05) is 48.1 Å². The van der Waals surface area contributed by atoms with Gasteiger partial charge in [-0.15, -0.1) is 0 Å². The van der Waals surface area contributed by atoms with Crippen molar-refractivity contribution in [2.75, 3.05) is 12.4 Å². The number of aromatic nitrogens is 1. The van der Waals surface area contributed by atoms with Gasteiger partial charge in [-0.05, 0) is 24.1 Å². The van der Waals surface area contributed by atoms with Gasteiger partial charge in [-0.3, -0.25) is 0 Å². The van der Waals surface area contributed by atoms with Crippen LogP contribution in [0.15, 0.2) is 12.1 Å². The summed E-state index contributed by atoms with van der Waals surface area (Å²) in [6.07, 6.45) is 1.97. The highest BCUT2D eigenvalue weighted by Crippen LogP contribution is 2.36. The molecule has 0 aliphatic heterocycles. The zero-order valence-electron chi connectivity index (χ0n) is 10.2. The quantitative estimate of drug-likeness (QED) is 0.789. The van der Waals surface area contributed by atoms with Gasteiger partial charge in [-0.25, -0.2) is 4.98 Å². The first-order valence-electron chi connectivity index (χ1n) is 5.73. The first-order valence-corrected chi connectivity index (χ1v) is 6.86. The van der Waals surface area contributed by atoms with E-state index >= 15 is 0 Å². The molecule has 0 aliphatic carbocycles. The number of rotatable bonds is 3. The number of benzene rings is 1. The molecule has 0 radical (unpaired) electrons. The van der Waals surface area contributed by atoms with Crippen molar-refractivity contribution in [1.29, 1.82) is 0 Å². The normalized spacial score (nSPS) is 10.9. The van der Waals surface area contributed by atoms with Crippen LogP contribution in [0, 0.1) is 0 Å². The zero-order valence-corrected chi connectivity index (χ0v) is 12.4. The monoisotopic (exact) mass is 302 g/mol. The summed E-state index contributed by atoms with van der Waals surface area (Å²) in [5.41, 5.74) is 1.79. The SMILES string of the molecule is CCCc1cc2c(Cl)c(Cl)cc(Cl)c2nc1NC. The lowest BCUT2D eigenvalue weighted by Crippen LogP contribution is -2.00. The summed E-state index contributed by atoms with van der Waals surface area (Å²) in [6.45, 7) is 2.12. The van der Waals surface area contributed by atoms with Crippen LogP contribution in [0.1, 0.15) is 18.9 Å². The van der Waals surface area contributed by atoms with Gasteiger partial charge in [0.25, 0.3) is 0 Å². The first-order chi connectivity index (χ1) is 8.58. The van der Waals surface area contributed by atoms with E-state index in [9.17, 15) is 0 Å². The maximum Gasteiger partial charge on any atom is 0.129 e. The number of hydrogen-bond donors (Lipinski definition) is 1. The fraction of sp³-hybridized carbons (Fsp3) is 0.308. The second-order valence-electron chi connectivity index (χ2n) is 4.05. The number of halogens is 3. The lowest BCUT2D eigenvalue weighted by Gasteiger charge is -2.12. The average Bonchev–Trinajstić information content (AvgIpc) is 2.36. The number of nitrogens with zero attached hydrogens (tertiary/aromatic N) is 1. The summed E-state index contributed by atoms with van der Waals surface area (Å²) in [5, 5.41) is 5.36. The summed E-state index contributed by atoms with van der Waals surface area (Å²) < 4.78 is 0. The maximum absolute atomic E-state index is 6.21. The highest BCUT2D eigenvalue weighted by Gasteiger charge is 2.13. The molecule has 1 aromatic carbocycles. The Labute approximate surface area is 121 Å². The van der Waals surface area contributed by atoms with Gasteiger partial charge in [0, 0.05) is 12.4 Å². The molecular weight excluding hydrogens is 291 g/mol. The molecule has 0 atom stereocenters. The molecule has 0 aliphatic rings. The van der Waals surface area contributed by atoms with Crippen LogP contribution in [0.5, 0.6) is 0 Å². The van der Waals surface area contributed by atoms with E-state index in [4.69, 9.17) is 34.8 Å². The van der Waals surface area contributed by atoms with Crippen LogP contribution < -0.4 is 5.32 Å². The molecule has 2 rings (SSSR count). The maximum atomic E-state index is 6.21. The minimum Gasteiger partial charge on any atom is -0.373 e. The van der Waals surface area contributed by atoms with E-state index in [1.54, 1.807) is 6.07 Å². The largest absolute Gasteiger partial charge is 0.373 e. The number of hydrogen-bond acceptors (Lipinski definition) is 2. The van der Waals surface area contributed by atoms with Crippen LogP contribution in [0.4, 0.5) is 5.82 Å². The summed E-state index contributed by atoms with van der Waals surface area (Å²) in [6, 6.07) is 3.64. The number of anilines is 1. The number of pyridine rings is 1. The van der Waals surface area contributed by atoms with Crippen molar-refractivity contribution in [3.8, 4) is 0 Å². The molecule has 0 saturated heterocycles. The van der Waals surface area contributed by atoms with Crippen molar-refractivity contribution in [1.82, 2.24) is 4.98 Å². The first kappa shape index (κ1) is 13.7. The van der Waals surface area contributed by atoms with Crippen molar-refractivity contribution in [2.45, 2.75) is 19.8 Å². The number of fused-ring (bicyclic) bond motifs is 1. The molecule has 0 unspecified atom stereocenters. The van der Waals surface area contributed by atoms with Gasteiger partial charge in [0.2, 0.25) is 0 Å². The third-order valence-electron chi connectivity index (χ3n) is 2.78. The molecule has 96 valence electrons. The fourth-order valence-corrected chi connectivity index (χ4v) is 2.67. The molecule has 0 amide bonds. The topological polar surface area (TPSA) is 24.9 Å². The van der Waals surface area contributed by atoms with E-state index in [1.807, 2.05) is 13.1 Å². The van der Waals surface area contributed by atoms with Crippen molar-refractivity contribution >= 4 is 51.5 Å². The van der Waals surface area contributed by atoms with Crippen molar-refractivity contribution in [3.63, 3.8) is 0 Å². The molecule has 1 heterocycles. The number of aryl methyl sites for hydroxylation is 1. The van der Waals surface area contributed by atoms with Crippen LogP contribution in [0.2, 0.25) is 15.1 Å². The summed E-state index contributed by atoms with van der Waals surface area (Å²) >= 11 is 18.4. The van der Waals surface area contributed by atoms with E-state index < -0.39 is 0 Å². The Hall–Kier alpha value is -0.700. The predicted octanol–water partition coefficient (Wildman–Crippen LogP) is 5.19. The Morgan fingerprint density at radius 3 is 2.50 bits per heavy atom. The smallest absolute Gasteiger partial charge is 0.129 e. The van der Waals surface area contributed by atoms with Crippen LogP contribution in [-0.2, 0) is 6.42 Å². The third kappa shape index (κ3) is 2.37. The average molecular weight is 304 g/mol. The molecule has 2 aromatic rings. The standard InChI is InChI=1S/C13H13Cl3N2/c1-3-4-7-5-8-11(16)9(14)6-10(15)12(8)18-13(7)17-2/h5-6H,3-4H2,1-2H3,(H,17,18). The van der Waals surface area contributed by atoms with E-state index in [0.29, 0.717) is 20.6 Å². The van der Waals surface area contributed by atoms with Gasteiger partial charge in [0.15, 0.2) is 0 Å². The highest BCUT2D eigenvalue weighted by molar-refractivity contribution is 6.47. The van der Waals surface area contributed by atoms with Crippen LogP contribution in [-0.4, -0.2) is 12.0 Å². The highest BCUT2D eigenvalue weighted by atomic mass is 35.5. The van der Waals surface area contributed by atoms with Crippen molar-refractivity contribution < 1.29 is 0 Å². The van der Waals surface area contributed by atoms with E-state index in [0.717, 1.165) is 29.6 Å². The lowest BCUT2D eigenvalue weighted by molar-refractivity contribution is 0.919. The molecule has 0 spiro atoms. The second kappa shape index (κ2) is 5.52. The fourth-order valence-electron chi connectivity index (χ4n) is 1.95. The Morgan fingerprint density at radius 1 is 1.17 bits per heavy atom. The predicted molar refractivity (Wildman–Crippen MR) is 80.3 cm³/mol. The van der Waals surface area contributed by atoms with Gasteiger partial charge in [0.1, 0.15) is 5.82 Å². The van der Waals surface area contributed by atoms with E-state index in [2.05, 4.69) is 17.2 Å². The molecule has 5 heteroatoms. The molecule has 1 aromatic heterocycles. The Kier molecular flexibility index (Phi) is 4.21. The van der Waals surface area contributed by atoms with Gasteiger partial charge >= 0.3 is 0 Å². The van der Waals surface area contributed by atoms with Gasteiger partial charge < -0.3 is 5.32 Å². The van der Waals surface area contributed by atoms with E-state index in [-0.39, 0.29) is 0 Å². The van der Waals surface area contributed by atoms with Crippen molar-refractivity contribution in [2.24, 2.45) is 0 Å². The Bertz CT molecular complexity index is 597. The third-order valence-corrected chi connectivity index (χ3v) is 3.87. The summed E-state index contributed by atoms with van der Waals surface area (Å²) in [7, 11) is 1.85. The second-order valence-corrected chi connectivity index (χ2v) is 5.24. The minimum absolute atomic E-state index is 0.454. The van der Waals surface area contributed by atoms with Gasteiger partial charge in [-0.2, -0.15) is 0 Å². The molecule has 2 nitrogen and oxygen atoms in total. The lowest BCUT2D eigenvalue weighted by atomic mass is 10.1. The van der Waals surface area contributed by atoms with Crippen LogP contribution in [0.3, 0.4) is 0 Å². The minimum atomic E-state index is 0.454. The zero-order chi connectivity index (χ0) is 13.3. The molecule has 0 fully saturated rings. The molecule has 1 N–H and O–H groups in total. The van der Waals surface area contributed by atoms with Crippen LogP contribution in [0.25, 0.3) is 10.9 Å². The summed E-state index contributed by atoms with van der Waals surface area (Å²) in [4.78, 5) is 4.53. The molecule has 0 bridgehead atoms. The molecular formula is C13H13Cl3N2. The summed E-state index contributed by atoms with van der Waals surface area (Å²) in [5.74, 6) is 0.838. The Morgan fingerprint density at radius 2 is 1.89 bits per heavy atom. The number of nitrogens with one attached hydrogen (secondary N) is 1. The van der Waals surface area contributed by atoms with E-state index in [1.165, 1.54) is 0 Å². The molecule has 0 saturated carbocycles. The van der Waals surface area contributed by atoms with Gasteiger partial charge in [0.05, 0.1) is 20.6 Å². The molecule has 18 heavy (non-hydrogen) atoms. The Balaban J connectivity index is 2.78.